The number of aryl methyl sites for hydroxylation is 1. The summed E-state index contributed by atoms with van der Waals surface area (Å²) in [5, 5.41) is 14.8. The Kier molecular flexibility index (Phi) is 9.34. The van der Waals surface area contributed by atoms with E-state index in [2.05, 4.69) is 20.4 Å². The Morgan fingerprint density at radius 2 is 1.66 bits per heavy atom. The smallest absolute Gasteiger partial charge is 0.300 e. The van der Waals surface area contributed by atoms with Gasteiger partial charge in [0, 0.05) is 44.8 Å². The van der Waals surface area contributed by atoms with Crippen LogP contribution in [0.2, 0.25) is 0 Å². The van der Waals surface area contributed by atoms with Crippen LogP contribution in [-0.2, 0) is 9.59 Å². The summed E-state index contributed by atoms with van der Waals surface area (Å²) in [5.41, 5.74) is 2.05. The molecular formula is C21H32N4O3S. The average Bonchev–Trinajstić information content (AvgIpc) is 3.17. The summed E-state index contributed by atoms with van der Waals surface area (Å²) in [6.45, 7) is 7.07. The number of amides is 1. The fourth-order valence-corrected chi connectivity index (χ4v) is 3.83. The number of piperazine rings is 1. The highest BCUT2D eigenvalue weighted by atomic mass is 32.1. The highest BCUT2D eigenvalue weighted by Gasteiger charge is 2.23. The lowest BCUT2D eigenvalue weighted by Crippen LogP contribution is -2.54. The largest absolute Gasteiger partial charge is 0.481 e. The maximum absolute atomic E-state index is 12.2. The maximum atomic E-state index is 12.2. The predicted octanol–water partition coefficient (Wildman–Crippen LogP) is 2.46. The monoisotopic (exact) mass is 420 g/mol. The summed E-state index contributed by atoms with van der Waals surface area (Å²) >= 11 is 5.55. The molecule has 1 aliphatic carbocycles. The van der Waals surface area contributed by atoms with Crippen molar-refractivity contribution >= 4 is 34.9 Å². The van der Waals surface area contributed by atoms with E-state index < -0.39 is 5.97 Å². The Labute approximate surface area is 178 Å². The first kappa shape index (κ1) is 23.1. The summed E-state index contributed by atoms with van der Waals surface area (Å²) in [6, 6.07) is 8.46. The van der Waals surface area contributed by atoms with E-state index in [0.717, 1.165) is 43.9 Å². The molecule has 3 N–H and O–H groups in total. The second kappa shape index (κ2) is 11.7. The van der Waals surface area contributed by atoms with Gasteiger partial charge in [-0.1, -0.05) is 30.5 Å². The summed E-state index contributed by atoms with van der Waals surface area (Å²) in [6.07, 6.45) is 5.09. The lowest BCUT2D eigenvalue weighted by atomic mass is 10.2. The number of carboxylic acid groups (broad SMARTS) is 1. The van der Waals surface area contributed by atoms with Gasteiger partial charge in [0.05, 0.1) is 6.54 Å². The van der Waals surface area contributed by atoms with E-state index in [1.807, 2.05) is 31.2 Å². The molecule has 1 saturated carbocycles. The van der Waals surface area contributed by atoms with Crippen molar-refractivity contribution in [1.82, 2.24) is 15.1 Å². The van der Waals surface area contributed by atoms with E-state index in [1.165, 1.54) is 31.2 Å². The van der Waals surface area contributed by atoms with Gasteiger partial charge >= 0.3 is 0 Å². The number of carboxylic acids is 1. The van der Waals surface area contributed by atoms with Crippen LogP contribution in [0, 0.1) is 6.92 Å². The number of benzene rings is 1. The van der Waals surface area contributed by atoms with Gasteiger partial charge in [0.25, 0.3) is 5.97 Å². The molecule has 1 saturated heterocycles. The van der Waals surface area contributed by atoms with Gasteiger partial charge in [0.1, 0.15) is 0 Å². The molecule has 1 heterocycles. The third kappa shape index (κ3) is 8.79. The highest BCUT2D eigenvalue weighted by Crippen LogP contribution is 2.18. The number of nitrogens with one attached hydrogen (secondary N) is 2. The van der Waals surface area contributed by atoms with Crippen molar-refractivity contribution in [3.05, 3.63) is 29.8 Å². The molecular weight excluding hydrogens is 388 g/mol. The number of hydrogen-bond acceptors (Lipinski definition) is 4. The predicted molar refractivity (Wildman–Crippen MR) is 119 cm³/mol. The number of carbonyl (C=O) groups excluding carboxylic acids is 1. The minimum Gasteiger partial charge on any atom is -0.481 e. The van der Waals surface area contributed by atoms with E-state index in [-0.39, 0.29) is 5.91 Å². The Balaban J connectivity index is 0.000000687. The van der Waals surface area contributed by atoms with Crippen LogP contribution in [0.1, 0.15) is 38.2 Å². The molecule has 29 heavy (non-hydrogen) atoms. The van der Waals surface area contributed by atoms with E-state index in [0.29, 0.717) is 12.6 Å². The van der Waals surface area contributed by atoms with Gasteiger partial charge in [0.15, 0.2) is 5.11 Å². The fourth-order valence-electron chi connectivity index (χ4n) is 3.49. The molecule has 0 spiro atoms. The van der Waals surface area contributed by atoms with Crippen molar-refractivity contribution in [3.63, 3.8) is 0 Å². The SMILES string of the molecule is CC(=O)O.Cc1ccc(NC(=O)CN2CCN(C(=S)NC3CCCC3)CC2)cc1. The fraction of sp³-hybridized carbons (Fsp3) is 0.571. The number of aliphatic carboxylic acids is 1. The van der Waals surface area contributed by atoms with Crippen LogP contribution in [-0.4, -0.2) is 70.7 Å². The van der Waals surface area contributed by atoms with Crippen LogP contribution >= 0.6 is 12.2 Å². The lowest BCUT2D eigenvalue weighted by molar-refractivity contribution is -0.134. The Hall–Kier alpha value is -2.19. The summed E-state index contributed by atoms with van der Waals surface area (Å²) in [4.78, 5) is 25.6. The van der Waals surface area contributed by atoms with E-state index in [4.69, 9.17) is 22.1 Å². The number of carbonyl (C=O) groups is 2. The second-order valence-corrected chi connectivity index (χ2v) is 8.01. The van der Waals surface area contributed by atoms with Crippen LogP contribution in [0.25, 0.3) is 0 Å². The van der Waals surface area contributed by atoms with Gasteiger partial charge in [-0.25, -0.2) is 0 Å². The van der Waals surface area contributed by atoms with E-state index in [1.54, 1.807) is 0 Å². The summed E-state index contributed by atoms with van der Waals surface area (Å²) in [7, 11) is 0. The Morgan fingerprint density at radius 3 is 2.21 bits per heavy atom. The van der Waals surface area contributed by atoms with Crippen molar-refractivity contribution in [1.29, 1.82) is 0 Å². The first-order valence-corrected chi connectivity index (χ1v) is 10.6. The number of hydrogen-bond donors (Lipinski definition) is 3. The topological polar surface area (TPSA) is 84.9 Å². The molecule has 1 amide bonds. The van der Waals surface area contributed by atoms with Crippen LogP contribution in [0.5, 0.6) is 0 Å². The van der Waals surface area contributed by atoms with Crippen molar-refractivity contribution in [2.24, 2.45) is 0 Å². The standard InChI is InChI=1S/C19H28N4OS.C2H4O2/c1-15-6-8-17(9-7-15)20-18(24)14-22-10-12-23(13-11-22)19(25)21-16-4-2-3-5-16;1-2(3)4/h6-9,16H,2-5,10-14H2,1H3,(H,20,24)(H,21,25);1H3,(H,3,4). The number of nitrogens with zero attached hydrogens (tertiary/aromatic N) is 2. The van der Waals surface area contributed by atoms with Crippen LogP contribution in [0.4, 0.5) is 5.69 Å². The summed E-state index contributed by atoms with van der Waals surface area (Å²) in [5.74, 6) is -0.788. The molecule has 0 radical (unpaired) electrons. The molecule has 1 aromatic carbocycles. The molecule has 1 aliphatic heterocycles. The average molecular weight is 421 g/mol. The molecule has 0 bridgehead atoms. The molecule has 1 aromatic rings. The summed E-state index contributed by atoms with van der Waals surface area (Å²) < 4.78 is 0. The Morgan fingerprint density at radius 1 is 1.10 bits per heavy atom. The number of rotatable bonds is 4. The van der Waals surface area contributed by atoms with Gasteiger partial charge in [-0.05, 0) is 44.1 Å². The first-order chi connectivity index (χ1) is 13.8. The minimum atomic E-state index is -0.833. The zero-order valence-electron chi connectivity index (χ0n) is 17.3. The zero-order chi connectivity index (χ0) is 21.2. The molecule has 160 valence electrons. The molecule has 0 aromatic heterocycles. The molecule has 7 nitrogen and oxygen atoms in total. The number of anilines is 1. The highest BCUT2D eigenvalue weighted by molar-refractivity contribution is 7.80. The van der Waals surface area contributed by atoms with Gasteiger partial charge in [-0.2, -0.15) is 0 Å². The third-order valence-corrected chi connectivity index (χ3v) is 5.42. The number of thiocarbonyl (C=S) groups is 1. The quantitative estimate of drug-likeness (QED) is 0.645. The lowest BCUT2D eigenvalue weighted by Gasteiger charge is -2.36. The zero-order valence-corrected chi connectivity index (χ0v) is 18.1. The second-order valence-electron chi connectivity index (χ2n) is 7.63. The van der Waals surface area contributed by atoms with Gasteiger partial charge in [-0.15, -0.1) is 0 Å². The van der Waals surface area contributed by atoms with Crippen LogP contribution < -0.4 is 10.6 Å². The van der Waals surface area contributed by atoms with Gasteiger partial charge < -0.3 is 20.6 Å². The molecule has 0 unspecified atom stereocenters. The van der Waals surface area contributed by atoms with Gasteiger partial charge in [-0.3, -0.25) is 14.5 Å². The van der Waals surface area contributed by atoms with E-state index >= 15 is 0 Å². The van der Waals surface area contributed by atoms with Crippen LogP contribution in [0.15, 0.2) is 24.3 Å². The first-order valence-electron chi connectivity index (χ1n) is 10.2. The van der Waals surface area contributed by atoms with Crippen molar-refractivity contribution in [3.8, 4) is 0 Å². The molecule has 8 heteroatoms. The van der Waals surface area contributed by atoms with Gasteiger partial charge in [0.2, 0.25) is 5.91 Å². The van der Waals surface area contributed by atoms with Crippen LogP contribution in [0.3, 0.4) is 0 Å². The van der Waals surface area contributed by atoms with Crippen molar-refractivity contribution < 1.29 is 14.7 Å². The molecule has 2 aliphatic rings. The third-order valence-electron chi connectivity index (χ3n) is 5.04. The Bertz CT molecular complexity index is 678. The van der Waals surface area contributed by atoms with Crippen molar-refractivity contribution in [2.45, 2.75) is 45.6 Å². The minimum absolute atomic E-state index is 0.0453. The maximum Gasteiger partial charge on any atom is 0.300 e. The molecule has 3 rings (SSSR count). The molecule has 2 fully saturated rings. The normalized spacial score (nSPS) is 17.2. The van der Waals surface area contributed by atoms with E-state index in [9.17, 15) is 4.79 Å². The molecule has 0 atom stereocenters. The van der Waals surface area contributed by atoms with Crippen molar-refractivity contribution in [2.75, 3.05) is 38.0 Å².